The maximum atomic E-state index is 5.36. The molecule has 0 radical (unpaired) electrons. The van der Waals surface area contributed by atoms with E-state index < -0.39 is 0 Å². The molecule has 0 aliphatic rings. The van der Waals surface area contributed by atoms with Gasteiger partial charge in [-0.2, -0.15) is 0 Å². The van der Waals surface area contributed by atoms with E-state index in [1.165, 1.54) is 0 Å². The Bertz CT molecular complexity index is 158. The molecule has 17 heavy (non-hydrogen) atoms. The highest BCUT2D eigenvalue weighted by molar-refractivity contribution is 7.59. The summed E-state index contributed by atoms with van der Waals surface area (Å²) in [5, 5.41) is 0.336. The third-order valence-corrected chi connectivity index (χ3v) is 5.70. The molecule has 0 saturated heterocycles. The smallest absolute Gasteiger partial charge is 0.146 e. The highest BCUT2D eigenvalue weighted by Gasteiger charge is 2.23. The molecular weight excluding hydrogens is 239 g/mol. The first-order valence-electron chi connectivity index (χ1n) is 5.90. The van der Waals surface area contributed by atoms with Crippen molar-refractivity contribution in [1.29, 1.82) is 0 Å². The van der Waals surface area contributed by atoms with Gasteiger partial charge in [-0.1, -0.05) is 28.7 Å². The van der Waals surface area contributed by atoms with E-state index in [-0.39, 0.29) is 7.92 Å². The topological polar surface area (TPSA) is 36.9 Å². The summed E-state index contributed by atoms with van der Waals surface area (Å²) in [7, 11) is 3.19. The van der Waals surface area contributed by atoms with Gasteiger partial charge in [0.15, 0.2) is 0 Å². The zero-order valence-electron chi connectivity index (χ0n) is 11.8. The fraction of sp³-hybridized carbons (Fsp3) is 1.00. The molecule has 0 atom stereocenters. The standard InChI is InChI=1S/C12H27O4P/c1-12(2,3)17(8-6-15-10-13-4)9-7-16-11-14-5/h6-11H2,1-5H3. The van der Waals surface area contributed by atoms with Gasteiger partial charge in [-0.3, -0.25) is 0 Å². The predicted molar refractivity (Wildman–Crippen MR) is 72.1 cm³/mol. The van der Waals surface area contributed by atoms with Gasteiger partial charge in [0, 0.05) is 14.2 Å². The molecule has 104 valence electrons. The molecule has 0 N–H and O–H groups in total. The normalized spacial score (nSPS) is 12.4. The van der Waals surface area contributed by atoms with Crippen LogP contribution in [0.5, 0.6) is 0 Å². The SMILES string of the molecule is COCOCCP(CCOCOC)C(C)(C)C. The van der Waals surface area contributed by atoms with Crippen molar-refractivity contribution in [2.24, 2.45) is 0 Å². The van der Waals surface area contributed by atoms with E-state index in [0.717, 1.165) is 25.5 Å². The summed E-state index contributed by atoms with van der Waals surface area (Å²) in [5.74, 6) is 0. The molecule has 0 aromatic carbocycles. The minimum Gasteiger partial charge on any atom is -0.359 e. The van der Waals surface area contributed by atoms with Crippen LogP contribution in [0.1, 0.15) is 20.8 Å². The fourth-order valence-corrected chi connectivity index (χ4v) is 3.68. The maximum absolute atomic E-state index is 5.36. The van der Waals surface area contributed by atoms with Crippen molar-refractivity contribution in [3.8, 4) is 0 Å². The minimum atomic E-state index is -0.0960. The Kier molecular flexibility index (Phi) is 10.4. The first kappa shape index (κ1) is 17.3. The lowest BCUT2D eigenvalue weighted by molar-refractivity contribution is -0.0255. The van der Waals surface area contributed by atoms with Crippen molar-refractivity contribution in [3.63, 3.8) is 0 Å². The summed E-state index contributed by atoms with van der Waals surface area (Å²) in [6.45, 7) is 9.14. The second kappa shape index (κ2) is 10.2. The van der Waals surface area contributed by atoms with Crippen LogP contribution in [0, 0.1) is 0 Å². The highest BCUT2D eigenvalue weighted by Crippen LogP contribution is 2.48. The average Bonchev–Trinajstić information content (AvgIpc) is 2.25. The van der Waals surface area contributed by atoms with Crippen LogP contribution in [0.2, 0.25) is 0 Å². The second-order valence-electron chi connectivity index (χ2n) is 4.79. The van der Waals surface area contributed by atoms with Gasteiger partial charge >= 0.3 is 0 Å². The van der Waals surface area contributed by atoms with Gasteiger partial charge in [-0.25, -0.2) is 0 Å². The number of hydrogen-bond donors (Lipinski definition) is 0. The fourth-order valence-electron chi connectivity index (χ4n) is 1.42. The molecule has 0 spiro atoms. The predicted octanol–water partition coefficient (Wildman–Crippen LogP) is 2.51. The van der Waals surface area contributed by atoms with Gasteiger partial charge in [-0.15, -0.1) is 0 Å². The largest absolute Gasteiger partial charge is 0.359 e. The Balaban J connectivity index is 3.81. The monoisotopic (exact) mass is 266 g/mol. The third kappa shape index (κ3) is 9.93. The molecule has 0 amide bonds. The van der Waals surface area contributed by atoms with Crippen LogP contribution in [0.15, 0.2) is 0 Å². The third-order valence-electron chi connectivity index (χ3n) is 2.36. The summed E-state index contributed by atoms with van der Waals surface area (Å²) in [5.41, 5.74) is 0. The van der Waals surface area contributed by atoms with E-state index in [2.05, 4.69) is 20.8 Å². The van der Waals surface area contributed by atoms with Crippen LogP contribution in [0.4, 0.5) is 0 Å². The first-order chi connectivity index (χ1) is 8.02. The Morgan fingerprint density at radius 1 is 0.824 bits per heavy atom. The summed E-state index contributed by atoms with van der Waals surface area (Å²) in [6, 6.07) is 0. The Morgan fingerprint density at radius 3 is 1.53 bits per heavy atom. The zero-order valence-corrected chi connectivity index (χ0v) is 12.7. The Labute approximate surface area is 107 Å². The minimum absolute atomic E-state index is 0.0960. The van der Waals surface area contributed by atoms with Crippen LogP contribution in [-0.2, 0) is 18.9 Å². The quantitative estimate of drug-likeness (QED) is 0.346. The molecule has 0 unspecified atom stereocenters. The lowest BCUT2D eigenvalue weighted by atomic mass is 10.3. The van der Waals surface area contributed by atoms with Gasteiger partial charge in [0.2, 0.25) is 0 Å². The molecule has 0 rings (SSSR count). The maximum Gasteiger partial charge on any atom is 0.146 e. The van der Waals surface area contributed by atoms with Crippen molar-refractivity contribution in [1.82, 2.24) is 0 Å². The van der Waals surface area contributed by atoms with Gasteiger partial charge in [0.05, 0.1) is 13.2 Å². The van der Waals surface area contributed by atoms with Crippen molar-refractivity contribution >= 4 is 7.92 Å². The molecule has 4 nitrogen and oxygen atoms in total. The Hall–Kier alpha value is 0.270. The number of ether oxygens (including phenoxy) is 4. The molecule has 0 aromatic heterocycles. The highest BCUT2D eigenvalue weighted by atomic mass is 31.1. The number of rotatable bonds is 10. The zero-order chi connectivity index (χ0) is 13.1. The molecule has 0 heterocycles. The molecule has 0 fully saturated rings. The van der Waals surface area contributed by atoms with E-state index >= 15 is 0 Å². The van der Waals surface area contributed by atoms with Crippen LogP contribution >= 0.6 is 7.92 Å². The van der Waals surface area contributed by atoms with Crippen LogP contribution in [-0.4, -0.2) is 58.5 Å². The first-order valence-corrected chi connectivity index (χ1v) is 7.62. The summed E-state index contributed by atoms with van der Waals surface area (Å²) >= 11 is 0. The van der Waals surface area contributed by atoms with Crippen LogP contribution in [0.25, 0.3) is 0 Å². The van der Waals surface area contributed by atoms with E-state index in [4.69, 9.17) is 18.9 Å². The van der Waals surface area contributed by atoms with Crippen LogP contribution in [0.3, 0.4) is 0 Å². The van der Waals surface area contributed by atoms with E-state index in [1.807, 2.05) is 0 Å². The van der Waals surface area contributed by atoms with E-state index in [0.29, 0.717) is 18.7 Å². The lowest BCUT2D eigenvalue weighted by Crippen LogP contribution is -2.20. The molecule has 0 aliphatic carbocycles. The summed E-state index contributed by atoms with van der Waals surface area (Å²) < 4.78 is 20.5. The summed E-state index contributed by atoms with van der Waals surface area (Å²) in [4.78, 5) is 0. The Morgan fingerprint density at radius 2 is 1.24 bits per heavy atom. The van der Waals surface area contributed by atoms with E-state index in [1.54, 1.807) is 14.2 Å². The molecular formula is C12H27O4P. The van der Waals surface area contributed by atoms with Crippen molar-refractivity contribution in [2.75, 3.05) is 53.3 Å². The molecule has 0 bridgehead atoms. The second-order valence-corrected chi connectivity index (χ2v) is 8.10. The van der Waals surface area contributed by atoms with Gasteiger partial charge in [0.25, 0.3) is 0 Å². The van der Waals surface area contributed by atoms with Crippen molar-refractivity contribution < 1.29 is 18.9 Å². The molecule has 0 saturated carbocycles. The van der Waals surface area contributed by atoms with Crippen LogP contribution < -0.4 is 0 Å². The molecule has 0 aliphatic heterocycles. The molecule has 5 heteroatoms. The van der Waals surface area contributed by atoms with Gasteiger partial charge in [-0.05, 0) is 17.5 Å². The lowest BCUT2D eigenvalue weighted by Gasteiger charge is -2.31. The van der Waals surface area contributed by atoms with Crippen molar-refractivity contribution in [2.45, 2.75) is 25.9 Å². The van der Waals surface area contributed by atoms with E-state index in [9.17, 15) is 0 Å². The van der Waals surface area contributed by atoms with Gasteiger partial charge < -0.3 is 18.9 Å². The summed E-state index contributed by atoms with van der Waals surface area (Å²) in [6.07, 6.45) is 2.19. The van der Waals surface area contributed by atoms with Crippen molar-refractivity contribution in [3.05, 3.63) is 0 Å². The average molecular weight is 266 g/mol. The number of methoxy groups -OCH3 is 2. The molecule has 0 aromatic rings. The number of hydrogen-bond acceptors (Lipinski definition) is 4. The van der Waals surface area contributed by atoms with Gasteiger partial charge in [0.1, 0.15) is 13.6 Å².